The van der Waals surface area contributed by atoms with E-state index < -0.39 is 28.3 Å². The van der Waals surface area contributed by atoms with Crippen LogP contribution in [0.2, 0.25) is 0 Å². The maximum Gasteiger partial charge on any atom is 0.258 e. The Labute approximate surface area is 180 Å². The van der Waals surface area contributed by atoms with Crippen LogP contribution in [0.4, 0.5) is 20.2 Å². The van der Waals surface area contributed by atoms with E-state index in [2.05, 4.69) is 15.3 Å². The van der Waals surface area contributed by atoms with Gasteiger partial charge < -0.3 is 15.3 Å². The van der Waals surface area contributed by atoms with E-state index in [1.807, 2.05) is 0 Å². The van der Waals surface area contributed by atoms with Gasteiger partial charge in [0.15, 0.2) is 0 Å². The summed E-state index contributed by atoms with van der Waals surface area (Å²) in [5.74, 6) is -2.28. The molecule has 31 heavy (non-hydrogen) atoms. The molecular weight excluding hydrogens is 426 g/mol. The van der Waals surface area contributed by atoms with Crippen LogP contribution in [0.3, 0.4) is 0 Å². The minimum absolute atomic E-state index is 0.0361. The normalized spacial score (nSPS) is 11.8. The van der Waals surface area contributed by atoms with Crippen LogP contribution in [-0.4, -0.2) is 39.3 Å². The van der Waals surface area contributed by atoms with Gasteiger partial charge in [-0.15, -0.1) is 0 Å². The van der Waals surface area contributed by atoms with Crippen LogP contribution in [0.15, 0.2) is 53.8 Å². The summed E-state index contributed by atoms with van der Waals surface area (Å²) >= 11 is 0. The van der Waals surface area contributed by atoms with Crippen LogP contribution in [0, 0.1) is 11.6 Å². The Bertz CT molecular complexity index is 1140. The number of rotatable bonds is 7. The van der Waals surface area contributed by atoms with Gasteiger partial charge in [-0.05, 0) is 30.3 Å². The third-order valence-corrected chi connectivity index (χ3v) is 5.68. The molecule has 0 aliphatic carbocycles. The molecule has 1 unspecified atom stereocenters. The molecule has 2 aromatic heterocycles. The summed E-state index contributed by atoms with van der Waals surface area (Å²) in [6, 6.07) is 8.02. The summed E-state index contributed by atoms with van der Waals surface area (Å²) < 4.78 is 41.6. The highest BCUT2D eigenvalue weighted by molar-refractivity contribution is 7.84. The Balaban J connectivity index is 1.85. The molecule has 10 heteroatoms. The number of benzene rings is 1. The molecule has 1 amide bonds. The van der Waals surface area contributed by atoms with Crippen molar-refractivity contribution in [2.45, 2.75) is 17.4 Å². The van der Waals surface area contributed by atoms with Crippen LogP contribution in [0.5, 0.6) is 0 Å². The SMILES string of the molecule is CN(C)c1cc(F)c(CS(=O)c2ncccc2C(=O)Nc2ccnc(CO)c2)cc1F. The zero-order valence-electron chi connectivity index (χ0n) is 16.8. The molecule has 162 valence electrons. The largest absolute Gasteiger partial charge is 0.390 e. The van der Waals surface area contributed by atoms with Gasteiger partial charge in [-0.3, -0.25) is 14.0 Å². The van der Waals surface area contributed by atoms with Gasteiger partial charge in [0.25, 0.3) is 5.91 Å². The fourth-order valence-electron chi connectivity index (χ4n) is 2.83. The second-order valence-electron chi connectivity index (χ2n) is 6.78. The van der Waals surface area contributed by atoms with E-state index in [4.69, 9.17) is 0 Å². The van der Waals surface area contributed by atoms with E-state index in [9.17, 15) is 22.9 Å². The molecule has 0 aliphatic rings. The number of aliphatic hydroxyl groups is 1. The van der Waals surface area contributed by atoms with Gasteiger partial charge in [0, 0.05) is 43.8 Å². The molecule has 1 atom stereocenters. The van der Waals surface area contributed by atoms with Crippen molar-refractivity contribution in [1.82, 2.24) is 9.97 Å². The lowest BCUT2D eigenvalue weighted by atomic mass is 10.2. The number of nitrogens with zero attached hydrogens (tertiary/aromatic N) is 3. The number of nitrogens with one attached hydrogen (secondary N) is 1. The number of aromatic nitrogens is 2. The van der Waals surface area contributed by atoms with Gasteiger partial charge in [-0.2, -0.15) is 0 Å². The number of amides is 1. The first-order valence-electron chi connectivity index (χ1n) is 9.16. The van der Waals surface area contributed by atoms with Crippen LogP contribution in [-0.2, 0) is 23.2 Å². The Kier molecular flexibility index (Phi) is 7.03. The Morgan fingerprint density at radius 1 is 1.13 bits per heavy atom. The van der Waals surface area contributed by atoms with Crippen LogP contribution in [0.25, 0.3) is 0 Å². The van der Waals surface area contributed by atoms with E-state index in [0.29, 0.717) is 11.4 Å². The summed E-state index contributed by atoms with van der Waals surface area (Å²) in [6.07, 6.45) is 2.80. The number of hydrogen-bond donors (Lipinski definition) is 2. The smallest absolute Gasteiger partial charge is 0.258 e. The van der Waals surface area contributed by atoms with E-state index in [0.717, 1.165) is 12.1 Å². The third kappa shape index (κ3) is 5.28. The third-order valence-electron chi connectivity index (χ3n) is 4.35. The number of hydrogen-bond acceptors (Lipinski definition) is 6. The van der Waals surface area contributed by atoms with Crippen molar-refractivity contribution in [3.8, 4) is 0 Å². The number of anilines is 2. The van der Waals surface area contributed by atoms with E-state index >= 15 is 0 Å². The lowest BCUT2D eigenvalue weighted by molar-refractivity contribution is 0.102. The van der Waals surface area contributed by atoms with Gasteiger partial charge in [-0.1, -0.05) is 0 Å². The molecule has 0 aliphatic heterocycles. The standard InChI is InChI=1S/C21H20F2N4O3S/c1-27(2)19-10-17(22)13(8-18(19)23)12-31(30)21-16(4-3-6-25-21)20(29)26-14-5-7-24-15(9-14)11-28/h3-10,28H,11-12H2,1-2H3,(H,24,26,29). The average Bonchev–Trinajstić information content (AvgIpc) is 2.75. The summed E-state index contributed by atoms with van der Waals surface area (Å²) in [7, 11) is 1.26. The minimum Gasteiger partial charge on any atom is -0.390 e. The Hall–Kier alpha value is -3.24. The van der Waals surface area contributed by atoms with Crippen molar-refractivity contribution >= 4 is 28.1 Å². The van der Waals surface area contributed by atoms with Crippen LogP contribution in [0.1, 0.15) is 21.6 Å². The fraction of sp³-hybridized carbons (Fsp3) is 0.190. The number of pyridine rings is 2. The maximum absolute atomic E-state index is 14.4. The molecule has 2 N–H and O–H groups in total. The lowest BCUT2D eigenvalue weighted by Gasteiger charge is -2.15. The highest BCUT2D eigenvalue weighted by Gasteiger charge is 2.20. The van der Waals surface area contributed by atoms with Gasteiger partial charge in [-0.25, -0.2) is 13.8 Å². The van der Waals surface area contributed by atoms with Crippen molar-refractivity contribution in [2.75, 3.05) is 24.3 Å². The number of carbonyl (C=O) groups is 1. The Morgan fingerprint density at radius 3 is 2.61 bits per heavy atom. The molecule has 3 aromatic rings. The van der Waals surface area contributed by atoms with Gasteiger partial charge >= 0.3 is 0 Å². The zero-order valence-corrected chi connectivity index (χ0v) is 17.6. The van der Waals surface area contributed by atoms with Gasteiger partial charge in [0.05, 0.1) is 40.1 Å². The van der Waals surface area contributed by atoms with Crippen molar-refractivity contribution in [3.63, 3.8) is 0 Å². The maximum atomic E-state index is 14.4. The lowest BCUT2D eigenvalue weighted by Crippen LogP contribution is -2.17. The van der Waals surface area contributed by atoms with Gasteiger partial charge in [0.1, 0.15) is 16.7 Å². The number of halogens is 2. The highest BCUT2D eigenvalue weighted by Crippen LogP contribution is 2.24. The molecule has 2 heterocycles. The summed E-state index contributed by atoms with van der Waals surface area (Å²) in [5, 5.41) is 11.8. The predicted octanol–water partition coefficient (Wildman–Crippen LogP) is 2.87. The second-order valence-corrected chi connectivity index (χ2v) is 8.15. The average molecular weight is 446 g/mol. The first-order valence-corrected chi connectivity index (χ1v) is 10.5. The first-order chi connectivity index (χ1) is 14.8. The van der Waals surface area contributed by atoms with Crippen molar-refractivity contribution in [1.29, 1.82) is 0 Å². The molecule has 1 aromatic carbocycles. The summed E-state index contributed by atoms with van der Waals surface area (Å²) in [6.45, 7) is -0.291. The van der Waals surface area contributed by atoms with Crippen LogP contribution < -0.4 is 10.2 Å². The summed E-state index contributed by atoms with van der Waals surface area (Å²) in [5.41, 5.74) is 0.780. The molecule has 3 rings (SSSR count). The van der Waals surface area contributed by atoms with Crippen molar-refractivity contribution in [3.05, 3.63) is 77.2 Å². The Morgan fingerprint density at radius 2 is 1.90 bits per heavy atom. The molecule has 0 bridgehead atoms. The highest BCUT2D eigenvalue weighted by atomic mass is 32.2. The van der Waals surface area contributed by atoms with E-state index in [-0.39, 0.29) is 34.2 Å². The molecule has 7 nitrogen and oxygen atoms in total. The molecular formula is C21H20F2N4O3S. The number of aliphatic hydroxyl groups excluding tert-OH is 1. The van der Waals surface area contributed by atoms with Crippen molar-refractivity contribution in [2.24, 2.45) is 0 Å². The molecule has 0 saturated heterocycles. The van der Waals surface area contributed by atoms with E-state index in [1.54, 1.807) is 14.1 Å². The molecule has 0 fully saturated rings. The van der Waals surface area contributed by atoms with Crippen LogP contribution >= 0.6 is 0 Å². The fourth-order valence-corrected chi connectivity index (χ4v) is 4.05. The number of carbonyl (C=O) groups excluding carboxylic acids is 1. The zero-order chi connectivity index (χ0) is 22.5. The van der Waals surface area contributed by atoms with Crippen molar-refractivity contribution < 1.29 is 22.9 Å². The topological polar surface area (TPSA) is 95.4 Å². The molecule has 0 saturated carbocycles. The molecule has 0 spiro atoms. The van der Waals surface area contributed by atoms with E-state index in [1.165, 1.54) is 41.6 Å². The molecule has 0 radical (unpaired) electrons. The monoisotopic (exact) mass is 446 g/mol. The predicted molar refractivity (Wildman–Crippen MR) is 113 cm³/mol. The van der Waals surface area contributed by atoms with Gasteiger partial charge in [0.2, 0.25) is 0 Å². The summed E-state index contributed by atoms with van der Waals surface area (Å²) in [4.78, 5) is 22.1. The minimum atomic E-state index is -1.91. The first kappa shape index (κ1) is 22.4. The quantitative estimate of drug-likeness (QED) is 0.580. The second kappa shape index (κ2) is 9.71.